The van der Waals surface area contributed by atoms with Gasteiger partial charge in [0.2, 0.25) is 0 Å². The fourth-order valence-electron chi connectivity index (χ4n) is 3.61. The van der Waals surface area contributed by atoms with Crippen LogP contribution in [0.2, 0.25) is 0 Å². The number of hydrogen-bond donors (Lipinski definition) is 2. The predicted octanol–water partition coefficient (Wildman–Crippen LogP) is 2.33. The monoisotopic (exact) mass is 298 g/mol. The van der Waals surface area contributed by atoms with Gasteiger partial charge in [0.1, 0.15) is 22.7 Å². The summed E-state index contributed by atoms with van der Waals surface area (Å²) in [5.74, 6) is 1.27. The van der Waals surface area contributed by atoms with E-state index in [4.69, 9.17) is 9.47 Å². The minimum atomic E-state index is -1.39. The van der Waals surface area contributed by atoms with Crippen molar-refractivity contribution in [1.82, 2.24) is 0 Å². The number of aliphatic hydroxyl groups is 2. The summed E-state index contributed by atoms with van der Waals surface area (Å²) in [4.78, 5) is 0. The molecule has 4 nitrogen and oxygen atoms in total. The summed E-state index contributed by atoms with van der Waals surface area (Å²) in [6, 6.07) is 14.7. The Labute approximate surface area is 128 Å². The molecule has 0 radical (unpaired) electrons. The van der Waals surface area contributed by atoms with E-state index in [-0.39, 0.29) is 0 Å². The zero-order valence-corrected chi connectivity index (χ0v) is 12.2. The molecular weight excluding hydrogens is 280 g/mol. The van der Waals surface area contributed by atoms with Crippen molar-refractivity contribution < 1.29 is 19.7 Å². The third kappa shape index (κ3) is 1.71. The lowest BCUT2D eigenvalue weighted by Gasteiger charge is -2.48. The molecule has 4 heteroatoms. The molecule has 114 valence electrons. The summed E-state index contributed by atoms with van der Waals surface area (Å²) in [7, 11) is 0. The van der Waals surface area contributed by atoms with Crippen LogP contribution in [0.3, 0.4) is 0 Å². The van der Waals surface area contributed by atoms with E-state index in [1.54, 1.807) is 0 Å². The van der Waals surface area contributed by atoms with E-state index >= 15 is 0 Å². The molecule has 0 saturated carbocycles. The van der Waals surface area contributed by atoms with Crippen molar-refractivity contribution in [2.45, 2.75) is 24.0 Å². The minimum absolute atomic E-state index is 0.342. The summed E-state index contributed by atoms with van der Waals surface area (Å²) in [5, 5.41) is 22.9. The van der Waals surface area contributed by atoms with Gasteiger partial charge in [0, 0.05) is 24.0 Å². The van der Waals surface area contributed by atoms with Crippen molar-refractivity contribution in [3.8, 4) is 11.5 Å². The van der Waals surface area contributed by atoms with Gasteiger partial charge in [-0.15, -0.1) is 0 Å². The van der Waals surface area contributed by atoms with E-state index in [1.807, 2.05) is 48.5 Å². The zero-order valence-electron chi connectivity index (χ0n) is 12.2. The van der Waals surface area contributed by atoms with Crippen LogP contribution in [0.5, 0.6) is 11.5 Å². The molecule has 2 aliphatic rings. The zero-order chi connectivity index (χ0) is 15.2. The molecule has 2 heterocycles. The van der Waals surface area contributed by atoms with Crippen LogP contribution in [0.4, 0.5) is 0 Å². The van der Waals surface area contributed by atoms with Crippen LogP contribution in [0.15, 0.2) is 48.5 Å². The molecule has 0 aliphatic carbocycles. The standard InChI is InChI=1S/C18H18O4/c19-17(9-11-21-15-7-3-1-5-13(15)17)18(20)10-12-22-16-8-4-2-6-14(16)18/h1-8,19-20H,9-12H2. The quantitative estimate of drug-likeness (QED) is 0.848. The fraction of sp³-hybridized carbons (Fsp3) is 0.333. The average Bonchev–Trinajstić information content (AvgIpc) is 2.56. The molecule has 2 atom stereocenters. The van der Waals surface area contributed by atoms with Gasteiger partial charge in [0.15, 0.2) is 0 Å². The van der Waals surface area contributed by atoms with Crippen molar-refractivity contribution in [3.63, 3.8) is 0 Å². The maximum Gasteiger partial charge on any atom is 0.129 e. The summed E-state index contributed by atoms with van der Waals surface area (Å²) in [6.07, 6.45) is 0.684. The number of hydrogen-bond acceptors (Lipinski definition) is 4. The first kappa shape index (κ1) is 13.6. The number of para-hydroxylation sites is 2. The minimum Gasteiger partial charge on any atom is -0.493 e. The predicted molar refractivity (Wildman–Crippen MR) is 80.9 cm³/mol. The van der Waals surface area contributed by atoms with E-state index in [0.29, 0.717) is 48.7 Å². The first-order valence-electron chi connectivity index (χ1n) is 7.54. The van der Waals surface area contributed by atoms with Gasteiger partial charge < -0.3 is 19.7 Å². The topological polar surface area (TPSA) is 58.9 Å². The van der Waals surface area contributed by atoms with Crippen molar-refractivity contribution in [1.29, 1.82) is 0 Å². The molecule has 0 spiro atoms. The Morgan fingerprint density at radius 2 is 1.09 bits per heavy atom. The molecule has 4 rings (SSSR count). The summed E-state index contributed by atoms with van der Waals surface area (Å²) >= 11 is 0. The van der Waals surface area contributed by atoms with Crippen molar-refractivity contribution >= 4 is 0 Å². The number of fused-ring (bicyclic) bond motifs is 2. The van der Waals surface area contributed by atoms with Gasteiger partial charge in [0.05, 0.1) is 13.2 Å². The highest BCUT2D eigenvalue weighted by atomic mass is 16.5. The lowest BCUT2D eigenvalue weighted by atomic mass is 9.68. The van der Waals surface area contributed by atoms with Crippen molar-refractivity contribution in [2.24, 2.45) is 0 Å². The van der Waals surface area contributed by atoms with Crippen LogP contribution >= 0.6 is 0 Å². The fourth-order valence-corrected chi connectivity index (χ4v) is 3.61. The highest BCUT2D eigenvalue weighted by molar-refractivity contribution is 5.48. The first-order valence-corrected chi connectivity index (χ1v) is 7.54. The Morgan fingerprint density at radius 3 is 1.55 bits per heavy atom. The highest BCUT2D eigenvalue weighted by Gasteiger charge is 2.56. The number of benzene rings is 2. The molecule has 0 saturated heterocycles. The molecule has 2 unspecified atom stereocenters. The van der Waals surface area contributed by atoms with Crippen LogP contribution in [-0.2, 0) is 11.2 Å². The van der Waals surface area contributed by atoms with Gasteiger partial charge in [-0.25, -0.2) is 0 Å². The van der Waals surface area contributed by atoms with Gasteiger partial charge in [-0.05, 0) is 12.1 Å². The molecule has 0 amide bonds. The second kappa shape index (κ2) is 4.73. The summed E-state index contributed by atoms with van der Waals surface area (Å²) in [5.41, 5.74) is -1.50. The van der Waals surface area contributed by atoms with Crippen molar-refractivity contribution in [2.75, 3.05) is 13.2 Å². The van der Waals surface area contributed by atoms with Gasteiger partial charge in [-0.1, -0.05) is 36.4 Å². The SMILES string of the molecule is OC1(C2(O)CCOc3ccccc32)CCOc2ccccc21. The lowest BCUT2D eigenvalue weighted by Crippen LogP contribution is -2.54. The Bertz CT molecular complexity index is 652. The Kier molecular flexibility index (Phi) is 2.93. The molecular formula is C18H18O4. The van der Waals surface area contributed by atoms with E-state index < -0.39 is 11.2 Å². The van der Waals surface area contributed by atoms with Gasteiger partial charge in [-0.2, -0.15) is 0 Å². The van der Waals surface area contributed by atoms with Crippen LogP contribution in [0.1, 0.15) is 24.0 Å². The largest absolute Gasteiger partial charge is 0.493 e. The molecule has 2 aromatic rings. The Morgan fingerprint density at radius 1 is 0.682 bits per heavy atom. The average molecular weight is 298 g/mol. The third-order valence-electron chi connectivity index (χ3n) is 4.79. The lowest BCUT2D eigenvalue weighted by molar-refractivity contribution is -0.192. The van der Waals surface area contributed by atoms with Gasteiger partial charge in [0.25, 0.3) is 0 Å². The maximum atomic E-state index is 11.5. The van der Waals surface area contributed by atoms with Crippen LogP contribution in [-0.4, -0.2) is 23.4 Å². The normalized spacial score (nSPS) is 29.7. The summed E-state index contributed by atoms with van der Waals surface area (Å²) in [6.45, 7) is 0.748. The van der Waals surface area contributed by atoms with E-state index in [1.165, 1.54) is 0 Å². The second-order valence-electron chi connectivity index (χ2n) is 5.91. The second-order valence-corrected chi connectivity index (χ2v) is 5.91. The summed E-state index contributed by atoms with van der Waals surface area (Å²) < 4.78 is 11.3. The number of ether oxygens (including phenoxy) is 2. The van der Waals surface area contributed by atoms with E-state index in [0.717, 1.165) is 0 Å². The molecule has 0 fully saturated rings. The molecule has 0 aromatic heterocycles. The highest BCUT2D eigenvalue weighted by Crippen LogP contribution is 2.53. The molecule has 2 N–H and O–H groups in total. The van der Waals surface area contributed by atoms with Crippen LogP contribution in [0.25, 0.3) is 0 Å². The van der Waals surface area contributed by atoms with Gasteiger partial charge in [-0.3, -0.25) is 0 Å². The van der Waals surface area contributed by atoms with Gasteiger partial charge >= 0.3 is 0 Å². The molecule has 2 aliphatic heterocycles. The first-order chi connectivity index (χ1) is 10.7. The Hall–Kier alpha value is -2.04. The van der Waals surface area contributed by atoms with E-state index in [2.05, 4.69) is 0 Å². The third-order valence-corrected chi connectivity index (χ3v) is 4.79. The van der Waals surface area contributed by atoms with Crippen LogP contribution < -0.4 is 9.47 Å². The molecule has 0 bridgehead atoms. The van der Waals surface area contributed by atoms with Crippen LogP contribution in [0, 0.1) is 0 Å². The smallest absolute Gasteiger partial charge is 0.129 e. The maximum absolute atomic E-state index is 11.5. The number of rotatable bonds is 1. The molecule has 22 heavy (non-hydrogen) atoms. The van der Waals surface area contributed by atoms with E-state index in [9.17, 15) is 10.2 Å². The Balaban J connectivity index is 1.92. The van der Waals surface area contributed by atoms with Crippen molar-refractivity contribution in [3.05, 3.63) is 59.7 Å². The molecule has 2 aromatic carbocycles.